The summed E-state index contributed by atoms with van der Waals surface area (Å²) in [6.45, 7) is 4.84. The SMILES string of the molecule is CC(C)(C)NS(=O)(=O)c1ccc(I)c(C(F)(F)F)c1. The highest BCUT2D eigenvalue weighted by Gasteiger charge is 2.34. The van der Waals surface area contributed by atoms with E-state index in [1.807, 2.05) is 0 Å². The third kappa shape index (κ3) is 4.60. The zero-order valence-electron chi connectivity index (χ0n) is 10.5. The van der Waals surface area contributed by atoms with Gasteiger partial charge in [-0.1, -0.05) is 0 Å². The predicted octanol–water partition coefficient (Wildman–Crippen LogP) is 3.39. The van der Waals surface area contributed by atoms with Crippen molar-refractivity contribution >= 4 is 32.6 Å². The highest BCUT2D eigenvalue weighted by molar-refractivity contribution is 14.1. The molecule has 0 saturated heterocycles. The molecule has 0 aromatic heterocycles. The van der Waals surface area contributed by atoms with E-state index in [4.69, 9.17) is 0 Å². The summed E-state index contributed by atoms with van der Waals surface area (Å²) in [5.74, 6) is 0. The molecule has 0 aliphatic rings. The fraction of sp³-hybridized carbons (Fsp3) is 0.455. The van der Waals surface area contributed by atoms with Gasteiger partial charge in [0.2, 0.25) is 10.0 Å². The van der Waals surface area contributed by atoms with Crippen LogP contribution >= 0.6 is 22.6 Å². The number of hydrogen-bond acceptors (Lipinski definition) is 2. The van der Waals surface area contributed by atoms with Crippen molar-refractivity contribution in [2.24, 2.45) is 0 Å². The zero-order valence-corrected chi connectivity index (χ0v) is 13.4. The van der Waals surface area contributed by atoms with Gasteiger partial charge in [0.05, 0.1) is 10.5 Å². The molecule has 1 N–H and O–H groups in total. The third-order valence-corrected chi connectivity index (χ3v) is 4.69. The number of nitrogens with one attached hydrogen (secondary N) is 1. The van der Waals surface area contributed by atoms with Crippen molar-refractivity contribution in [2.45, 2.75) is 37.4 Å². The Morgan fingerprint density at radius 2 is 1.68 bits per heavy atom. The van der Waals surface area contributed by atoms with E-state index in [2.05, 4.69) is 4.72 Å². The van der Waals surface area contributed by atoms with Crippen molar-refractivity contribution in [3.63, 3.8) is 0 Å². The number of sulfonamides is 1. The number of halogens is 4. The van der Waals surface area contributed by atoms with Crippen LogP contribution in [0.25, 0.3) is 0 Å². The molecule has 19 heavy (non-hydrogen) atoms. The maximum Gasteiger partial charge on any atom is 0.417 e. The van der Waals surface area contributed by atoms with Gasteiger partial charge in [0.15, 0.2) is 0 Å². The Bertz CT molecular complexity index is 577. The molecule has 3 nitrogen and oxygen atoms in total. The minimum Gasteiger partial charge on any atom is -0.207 e. The highest BCUT2D eigenvalue weighted by atomic mass is 127. The first-order valence-corrected chi connectivity index (χ1v) is 7.80. The van der Waals surface area contributed by atoms with Crippen LogP contribution in [0.1, 0.15) is 26.3 Å². The molecule has 1 rings (SSSR count). The second-order valence-corrected chi connectivity index (χ2v) is 7.84. The average Bonchev–Trinajstić information content (AvgIpc) is 2.11. The summed E-state index contributed by atoms with van der Waals surface area (Å²) < 4.78 is 64.4. The summed E-state index contributed by atoms with van der Waals surface area (Å²) >= 11 is 1.52. The molecule has 0 saturated carbocycles. The minimum absolute atomic E-state index is 0.0418. The van der Waals surface area contributed by atoms with Crippen LogP contribution in [0.5, 0.6) is 0 Å². The van der Waals surface area contributed by atoms with Crippen molar-refractivity contribution in [3.8, 4) is 0 Å². The molecule has 0 bridgehead atoms. The Kier molecular flexibility index (Phi) is 4.58. The van der Waals surface area contributed by atoms with E-state index in [0.29, 0.717) is 6.07 Å². The number of benzene rings is 1. The summed E-state index contributed by atoms with van der Waals surface area (Å²) in [5, 5.41) is 0. The number of alkyl halides is 3. The fourth-order valence-electron chi connectivity index (χ4n) is 1.35. The average molecular weight is 407 g/mol. The molecular formula is C11H13F3INO2S. The van der Waals surface area contributed by atoms with Gasteiger partial charge < -0.3 is 0 Å². The topological polar surface area (TPSA) is 46.2 Å². The summed E-state index contributed by atoms with van der Waals surface area (Å²) in [7, 11) is -3.97. The normalized spacial score (nSPS) is 13.6. The molecule has 8 heteroatoms. The quantitative estimate of drug-likeness (QED) is 0.765. The highest BCUT2D eigenvalue weighted by Crippen LogP contribution is 2.34. The van der Waals surface area contributed by atoms with Crippen LogP contribution in [0.4, 0.5) is 13.2 Å². The predicted molar refractivity (Wildman–Crippen MR) is 74.2 cm³/mol. The van der Waals surface area contributed by atoms with Crippen molar-refractivity contribution in [1.29, 1.82) is 0 Å². The maximum absolute atomic E-state index is 12.7. The molecular weight excluding hydrogens is 394 g/mol. The summed E-state index contributed by atoms with van der Waals surface area (Å²) in [5.41, 5.74) is -1.72. The summed E-state index contributed by atoms with van der Waals surface area (Å²) in [6, 6.07) is 2.95. The van der Waals surface area contributed by atoms with Gasteiger partial charge in [-0.3, -0.25) is 0 Å². The lowest BCUT2D eigenvalue weighted by atomic mass is 10.1. The van der Waals surface area contributed by atoms with Gasteiger partial charge in [-0.25, -0.2) is 13.1 Å². The van der Waals surface area contributed by atoms with E-state index >= 15 is 0 Å². The van der Waals surface area contributed by atoms with E-state index in [9.17, 15) is 21.6 Å². The molecule has 0 aliphatic carbocycles. The van der Waals surface area contributed by atoms with Gasteiger partial charge in [0.25, 0.3) is 0 Å². The smallest absolute Gasteiger partial charge is 0.207 e. The first kappa shape index (κ1) is 16.7. The Morgan fingerprint density at radius 1 is 1.16 bits per heavy atom. The first-order valence-electron chi connectivity index (χ1n) is 5.24. The Balaban J connectivity index is 3.31. The Hall–Kier alpha value is -0.350. The molecule has 0 unspecified atom stereocenters. The second-order valence-electron chi connectivity index (χ2n) is 4.99. The van der Waals surface area contributed by atoms with E-state index in [0.717, 1.165) is 12.1 Å². The monoisotopic (exact) mass is 407 g/mol. The molecule has 0 atom stereocenters. The van der Waals surface area contributed by atoms with E-state index in [-0.39, 0.29) is 3.57 Å². The third-order valence-electron chi connectivity index (χ3n) is 1.99. The van der Waals surface area contributed by atoms with Crippen molar-refractivity contribution in [1.82, 2.24) is 4.72 Å². The molecule has 1 aromatic rings. The molecule has 0 fully saturated rings. The number of hydrogen-bond donors (Lipinski definition) is 1. The fourth-order valence-corrected chi connectivity index (χ4v) is 3.44. The minimum atomic E-state index is -4.58. The van der Waals surface area contributed by atoms with E-state index in [1.54, 1.807) is 20.8 Å². The van der Waals surface area contributed by atoms with Gasteiger partial charge >= 0.3 is 6.18 Å². The molecule has 0 spiro atoms. The van der Waals surface area contributed by atoms with Crippen molar-refractivity contribution in [2.75, 3.05) is 0 Å². The van der Waals surface area contributed by atoms with Crippen LogP contribution < -0.4 is 4.72 Å². The lowest BCUT2D eigenvalue weighted by Gasteiger charge is -2.21. The van der Waals surface area contributed by atoms with Gasteiger partial charge in [-0.15, -0.1) is 0 Å². The van der Waals surface area contributed by atoms with E-state index in [1.165, 1.54) is 22.6 Å². The standard InChI is InChI=1S/C11H13F3INO2S/c1-10(2,3)16-19(17,18)7-4-5-9(15)8(6-7)11(12,13)14/h4-6,16H,1-3H3. The Labute approximate surface area is 123 Å². The maximum atomic E-state index is 12.7. The zero-order chi connectivity index (χ0) is 15.1. The molecule has 0 amide bonds. The Morgan fingerprint density at radius 3 is 2.11 bits per heavy atom. The van der Waals surface area contributed by atoms with Crippen LogP contribution in [0.15, 0.2) is 23.1 Å². The van der Waals surface area contributed by atoms with Crippen LogP contribution in [-0.2, 0) is 16.2 Å². The van der Waals surface area contributed by atoms with Crippen molar-refractivity contribution < 1.29 is 21.6 Å². The van der Waals surface area contributed by atoms with Gasteiger partial charge in [-0.05, 0) is 61.6 Å². The van der Waals surface area contributed by atoms with Crippen molar-refractivity contribution in [3.05, 3.63) is 27.3 Å². The molecule has 0 radical (unpaired) electrons. The number of rotatable bonds is 2. The molecule has 0 heterocycles. The molecule has 108 valence electrons. The molecule has 0 aliphatic heterocycles. The summed E-state index contributed by atoms with van der Waals surface area (Å²) in [6.07, 6.45) is -4.58. The van der Waals surface area contributed by atoms with E-state index < -0.39 is 32.2 Å². The van der Waals surface area contributed by atoms with Crippen LogP contribution in [0, 0.1) is 3.57 Å². The first-order chi connectivity index (χ1) is 8.33. The summed E-state index contributed by atoms with van der Waals surface area (Å²) in [4.78, 5) is -0.393. The largest absolute Gasteiger partial charge is 0.417 e. The van der Waals surface area contributed by atoms with Crippen LogP contribution in [0.3, 0.4) is 0 Å². The van der Waals surface area contributed by atoms with Gasteiger partial charge in [0.1, 0.15) is 0 Å². The van der Waals surface area contributed by atoms with Crippen LogP contribution in [0.2, 0.25) is 0 Å². The van der Waals surface area contributed by atoms with Gasteiger partial charge in [0, 0.05) is 9.11 Å². The lowest BCUT2D eigenvalue weighted by Crippen LogP contribution is -2.40. The lowest BCUT2D eigenvalue weighted by molar-refractivity contribution is -0.138. The second kappa shape index (κ2) is 5.21. The van der Waals surface area contributed by atoms with Gasteiger partial charge in [-0.2, -0.15) is 13.2 Å². The molecule has 1 aromatic carbocycles. The van der Waals surface area contributed by atoms with Crippen LogP contribution in [-0.4, -0.2) is 14.0 Å².